The van der Waals surface area contributed by atoms with Crippen molar-refractivity contribution in [2.24, 2.45) is 0 Å². The molecule has 2 amide bonds. The van der Waals surface area contributed by atoms with Crippen LogP contribution in [-0.2, 0) is 9.59 Å². The highest BCUT2D eigenvalue weighted by Crippen LogP contribution is 2.39. The van der Waals surface area contributed by atoms with Crippen LogP contribution in [0.25, 0.3) is 0 Å². The van der Waals surface area contributed by atoms with Crippen molar-refractivity contribution >= 4 is 52.5 Å². The molecule has 0 saturated carbocycles. The summed E-state index contributed by atoms with van der Waals surface area (Å²) in [4.78, 5) is 26.1. The summed E-state index contributed by atoms with van der Waals surface area (Å²) in [5, 5.41) is 0.332. The predicted molar refractivity (Wildman–Crippen MR) is 90.6 cm³/mol. The third-order valence-corrected chi connectivity index (χ3v) is 5.08. The molecule has 2 aromatic rings. The molecule has 1 fully saturated rings. The Kier molecular flexibility index (Phi) is 4.43. The molecule has 0 N–H and O–H groups in total. The Morgan fingerprint density at radius 2 is 1.77 bits per heavy atom. The second-order valence-corrected chi connectivity index (χ2v) is 6.70. The quantitative estimate of drug-likeness (QED) is 0.755. The Bertz CT molecular complexity index is 736. The molecule has 3 nitrogen and oxygen atoms in total. The van der Waals surface area contributed by atoms with Gasteiger partial charge in [0.1, 0.15) is 5.25 Å². The van der Waals surface area contributed by atoms with E-state index >= 15 is 0 Å². The van der Waals surface area contributed by atoms with Crippen LogP contribution in [-0.4, -0.2) is 17.6 Å². The van der Waals surface area contributed by atoms with Gasteiger partial charge in [0, 0.05) is 5.02 Å². The predicted octanol–water partition coefficient (Wildman–Crippen LogP) is 4.34. The lowest BCUT2D eigenvalue weighted by atomic mass is 10.1. The molecule has 0 aliphatic carbocycles. The molecular weight excluding hydrogens is 341 g/mol. The van der Waals surface area contributed by atoms with Crippen molar-refractivity contribution in [2.75, 3.05) is 10.7 Å². The Hall–Kier alpha value is -1.49. The fourth-order valence-corrected chi connectivity index (χ4v) is 3.84. The molecule has 1 aliphatic heterocycles. The first-order chi connectivity index (χ1) is 10.6. The average molecular weight is 352 g/mol. The van der Waals surface area contributed by atoms with Crippen LogP contribution in [0.3, 0.4) is 0 Å². The Morgan fingerprint density at radius 1 is 1.05 bits per heavy atom. The topological polar surface area (TPSA) is 37.4 Å². The molecule has 1 saturated heterocycles. The van der Waals surface area contributed by atoms with Crippen LogP contribution in [0.1, 0.15) is 10.8 Å². The van der Waals surface area contributed by atoms with E-state index in [2.05, 4.69) is 0 Å². The van der Waals surface area contributed by atoms with Crippen LogP contribution in [0, 0.1) is 0 Å². The van der Waals surface area contributed by atoms with Crippen molar-refractivity contribution in [1.29, 1.82) is 0 Å². The summed E-state index contributed by atoms with van der Waals surface area (Å²) in [7, 11) is 0. The van der Waals surface area contributed by atoms with Gasteiger partial charge in [0.25, 0.3) is 5.91 Å². The van der Waals surface area contributed by atoms with Crippen molar-refractivity contribution in [3.8, 4) is 0 Å². The summed E-state index contributed by atoms with van der Waals surface area (Å²) >= 11 is 13.4. The van der Waals surface area contributed by atoms with E-state index in [1.165, 1.54) is 17.8 Å². The third kappa shape index (κ3) is 2.86. The van der Waals surface area contributed by atoms with Gasteiger partial charge in [0.2, 0.25) is 5.91 Å². The van der Waals surface area contributed by atoms with Crippen LogP contribution in [0.15, 0.2) is 48.5 Å². The van der Waals surface area contributed by atoms with Gasteiger partial charge in [-0.25, -0.2) is 4.90 Å². The molecule has 0 unspecified atom stereocenters. The SMILES string of the molecule is O=C1CS[C@H](c2ccccc2)C(=O)N1c1ccc(Cl)cc1Cl. The zero-order chi connectivity index (χ0) is 15.7. The minimum atomic E-state index is -0.411. The number of benzene rings is 2. The van der Waals surface area contributed by atoms with E-state index in [1.54, 1.807) is 12.1 Å². The lowest BCUT2D eigenvalue weighted by Crippen LogP contribution is -2.44. The van der Waals surface area contributed by atoms with Gasteiger partial charge in [0.15, 0.2) is 0 Å². The van der Waals surface area contributed by atoms with Crippen molar-refractivity contribution in [1.82, 2.24) is 0 Å². The van der Waals surface area contributed by atoms with Crippen LogP contribution in [0.4, 0.5) is 5.69 Å². The first-order valence-electron chi connectivity index (χ1n) is 6.56. The van der Waals surface area contributed by atoms with Gasteiger partial charge >= 0.3 is 0 Å². The number of hydrogen-bond donors (Lipinski definition) is 0. The molecule has 1 atom stereocenters. The van der Waals surface area contributed by atoms with E-state index in [0.717, 1.165) is 10.5 Å². The van der Waals surface area contributed by atoms with Crippen LogP contribution in [0.2, 0.25) is 10.0 Å². The van der Waals surface area contributed by atoms with Gasteiger partial charge in [0.05, 0.1) is 16.5 Å². The van der Waals surface area contributed by atoms with Crippen molar-refractivity contribution < 1.29 is 9.59 Å². The van der Waals surface area contributed by atoms with E-state index in [4.69, 9.17) is 23.2 Å². The second-order valence-electron chi connectivity index (χ2n) is 4.76. The summed E-state index contributed by atoms with van der Waals surface area (Å²) in [6, 6.07) is 14.1. The van der Waals surface area contributed by atoms with Gasteiger partial charge in [-0.1, -0.05) is 53.5 Å². The summed E-state index contributed by atoms with van der Waals surface area (Å²) in [6.07, 6.45) is 0. The normalized spacial score (nSPS) is 18.6. The van der Waals surface area contributed by atoms with Crippen molar-refractivity contribution in [3.63, 3.8) is 0 Å². The second kappa shape index (κ2) is 6.32. The first-order valence-corrected chi connectivity index (χ1v) is 8.37. The minimum absolute atomic E-state index is 0.226. The molecule has 1 heterocycles. The number of amides is 2. The zero-order valence-electron chi connectivity index (χ0n) is 11.3. The maximum absolute atomic E-state index is 12.8. The van der Waals surface area contributed by atoms with E-state index in [0.29, 0.717) is 10.7 Å². The fourth-order valence-electron chi connectivity index (χ4n) is 2.31. The maximum atomic E-state index is 12.8. The maximum Gasteiger partial charge on any atom is 0.251 e. The smallest absolute Gasteiger partial charge is 0.251 e. The van der Waals surface area contributed by atoms with Gasteiger partial charge in [-0.2, -0.15) is 0 Å². The summed E-state index contributed by atoms with van der Waals surface area (Å²) in [5.41, 5.74) is 1.25. The number of carbonyl (C=O) groups is 2. The third-order valence-electron chi connectivity index (χ3n) is 3.32. The fraction of sp³-hybridized carbons (Fsp3) is 0.125. The largest absolute Gasteiger partial charge is 0.273 e. The molecular formula is C16H11Cl2NO2S. The van der Waals surface area contributed by atoms with Gasteiger partial charge < -0.3 is 0 Å². The number of thioether (sulfide) groups is 1. The summed E-state index contributed by atoms with van der Waals surface area (Å²) in [6.45, 7) is 0. The van der Waals surface area contributed by atoms with Gasteiger partial charge in [-0.3, -0.25) is 9.59 Å². The van der Waals surface area contributed by atoms with Crippen LogP contribution >= 0.6 is 35.0 Å². The van der Waals surface area contributed by atoms with Crippen molar-refractivity contribution in [2.45, 2.75) is 5.25 Å². The number of anilines is 1. The molecule has 0 aromatic heterocycles. The number of hydrogen-bond acceptors (Lipinski definition) is 3. The van der Waals surface area contributed by atoms with E-state index in [9.17, 15) is 9.59 Å². The van der Waals surface area contributed by atoms with Crippen LogP contribution in [0.5, 0.6) is 0 Å². The standard InChI is InChI=1S/C16H11Cl2NO2S/c17-11-6-7-13(12(18)8-11)19-14(20)9-22-15(16(19)21)10-4-2-1-3-5-10/h1-8,15H,9H2/t15-/m1/s1. The Balaban J connectivity index is 1.99. The molecule has 22 heavy (non-hydrogen) atoms. The Labute approximate surface area is 142 Å². The van der Waals surface area contributed by atoms with Gasteiger partial charge in [-0.05, 0) is 23.8 Å². The highest BCUT2D eigenvalue weighted by Gasteiger charge is 2.37. The van der Waals surface area contributed by atoms with Crippen LogP contribution < -0.4 is 4.90 Å². The zero-order valence-corrected chi connectivity index (χ0v) is 13.7. The number of imide groups is 1. The molecule has 3 rings (SSSR count). The molecule has 2 aromatic carbocycles. The van der Waals surface area contributed by atoms with Gasteiger partial charge in [-0.15, -0.1) is 11.8 Å². The highest BCUT2D eigenvalue weighted by atomic mass is 35.5. The Morgan fingerprint density at radius 3 is 2.45 bits per heavy atom. The molecule has 0 radical (unpaired) electrons. The summed E-state index contributed by atoms with van der Waals surface area (Å²) < 4.78 is 0. The minimum Gasteiger partial charge on any atom is -0.273 e. The molecule has 0 spiro atoms. The molecule has 0 bridgehead atoms. The lowest BCUT2D eigenvalue weighted by Gasteiger charge is -2.31. The average Bonchev–Trinajstić information content (AvgIpc) is 2.50. The molecule has 112 valence electrons. The molecule has 1 aliphatic rings. The molecule has 6 heteroatoms. The van der Waals surface area contributed by atoms with E-state index in [1.807, 2.05) is 30.3 Å². The number of rotatable bonds is 2. The first kappa shape index (κ1) is 15.4. The van der Waals surface area contributed by atoms with E-state index in [-0.39, 0.29) is 22.6 Å². The highest BCUT2D eigenvalue weighted by molar-refractivity contribution is 8.01. The summed E-state index contributed by atoms with van der Waals surface area (Å²) in [5.74, 6) is -0.326. The van der Waals surface area contributed by atoms with Crippen molar-refractivity contribution in [3.05, 3.63) is 64.1 Å². The monoisotopic (exact) mass is 351 g/mol. The lowest BCUT2D eigenvalue weighted by molar-refractivity contribution is -0.125. The van der Waals surface area contributed by atoms with E-state index < -0.39 is 5.25 Å². The number of carbonyl (C=O) groups excluding carboxylic acids is 2. The number of nitrogens with zero attached hydrogens (tertiary/aromatic N) is 1. The number of halogens is 2.